The van der Waals surface area contributed by atoms with Crippen LogP contribution in [0.1, 0.15) is 43.2 Å². The number of rotatable bonds is 7. The van der Waals surface area contributed by atoms with E-state index in [1.165, 1.54) is 16.0 Å². The first-order valence-electron chi connectivity index (χ1n) is 12.1. The van der Waals surface area contributed by atoms with E-state index < -0.39 is 23.6 Å². The number of amides is 2. The van der Waals surface area contributed by atoms with Crippen LogP contribution >= 0.6 is 11.8 Å². The van der Waals surface area contributed by atoms with Crippen LogP contribution in [0, 0.1) is 5.92 Å². The molecule has 0 spiro atoms. The van der Waals surface area contributed by atoms with Gasteiger partial charge in [0.2, 0.25) is 5.91 Å². The number of hydrogen-bond donors (Lipinski definition) is 2. The van der Waals surface area contributed by atoms with Crippen molar-refractivity contribution in [2.45, 2.75) is 43.7 Å². The first kappa shape index (κ1) is 23.7. The van der Waals surface area contributed by atoms with Crippen molar-refractivity contribution in [3.8, 4) is 11.1 Å². The highest BCUT2D eigenvalue weighted by atomic mass is 32.2. The fraction of sp³-hybridized carbons (Fsp3) is 0.444. The Morgan fingerprint density at radius 2 is 1.71 bits per heavy atom. The minimum atomic E-state index is -0.983. The third-order valence-corrected chi connectivity index (χ3v) is 8.48. The van der Waals surface area contributed by atoms with Gasteiger partial charge in [0, 0.05) is 24.0 Å². The quantitative estimate of drug-likeness (QED) is 0.601. The molecule has 2 N–H and O–H groups in total. The Morgan fingerprint density at radius 1 is 1.09 bits per heavy atom. The lowest BCUT2D eigenvalue weighted by Gasteiger charge is -2.37. The van der Waals surface area contributed by atoms with Gasteiger partial charge in [0.15, 0.2) is 0 Å². The lowest BCUT2D eigenvalue weighted by atomic mass is 9.90. The fourth-order valence-electron chi connectivity index (χ4n) is 5.40. The van der Waals surface area contributed by atoms with E-state index in [1.807, 2.05) is 31.2 Å². The Kier molecular flexibility index (Phi) is 6.49. The fourth-order valence-corrected chi connectivity index (χ4v) is 6.44. The van der Waals surface area contributed by atoms with Gasteiger partial charge in [0.1, 0.15) is 12.6 Å². The molecule has 1 aliphatic heterocycles. The van der Waals surface area contributed by atoms with Gasteiger partial charge in [-0.1, -0.05) is 48.5 Å². The Labute approximate surface area is 209 Å². The number of benzene rings is 2. The van der Waals surface area contributed by atoms with Crippen LogP contribution in [0.5, 0.6) is 0 Å². The zero-order chi connectivity index (χ0) is 24.6. The second-order valence-electron chi connectivity index (χ2n) is 9.84. The van der Waals surface area contributed by atoms with Crippen LogP contribution in [0.4, 0.5) is 4.79 Å². The largest absolute Gasteiger partial charge is 0.480 e. The molecule has 8 heteroatoms. The molecule has 0 aromatic heterocycles. The number of thioether (sulfide) groups is 1. The predicted molar refractivity (Wildman–Crippen MR) is 134 cm³/mol. The second-order valence-corrected chi connectivity index (χ2v) is 11.0. The van der Waals surface area contributed by atoms with Crippen LogP contribution < -0.4 is 5.32 Å². The van der Waals surface area contributed by atoms with Gasteiger partial charge in [0.25, 0.3) is 0 Å². The molecule has 1 heterocycles. The maximum absolute atomic E-state index is 13.1. The topological polar surface area (TPSA) is 95.9 Å². The molecule has 3 aliphatic rings. The molecule has 35 heavy (non-hydrogen) atoms. The highest BCUT2D eigenvalue weighted by Gasteiger charge is 2.46. The van der Waals surface area contributed by atoms with Crippen molar-refractivity contribution in [3.05, 3.63) is 59.7 Å². The van der Waals surface area contributed by atoms with Crippen LogP contribution in [-0.2, 0) is 14.3 Å². The zero-order valence-electron chi connectivity index (χ0n) is 19.7. The lowest BCUT2D eigenvalue weighted by molar-refractivity contribution is -0.149. The van der Waals surface area contributed by atoms with E-state index in [9.17, 15) is 19.5 Å². The Morgan fingerprint density at radius 3 is 2.31 bits per heavy atom. The molecule has 7 nitrogen and oxygen atoms in total. The Bertz CT molecular complexity index is 1100. The van der Waals surface area contributed by atoms with Gasteiger partial charge in [-0.3, -0.25) is 4.79 Å². The smallest absolute Gasteiger partial charge is 0.407 e. The van der Waals surface area contributed by atoms with E-state index in [-0.39, 0.29) is 30.8 Å². The zero-order valence-corrected chi connectivity index (χ0v) is 20.6. The first-order chi connectivity index (χ1) is 16.9. The van der Waals surface area contributed by atoms with Crippen molar-refractivity contribution < 1.29 is 24.2 Å². The summed E-state index contributed by atoms with van der Waals surface area (Å²) in [4.78, 5) is 39.2. The molecule has 1 saturated heterocycles. The minimum Gasteiger partial charge on any atom is -0.480 e. The molecule has 184 valence electrons. The molecule has 0 radical (unpaired) electrons. The van der Waals surface area contributed by atoms with Gasteiger partial charge in [-0.05, 0) is 47.9 Å². The number of nitrogens with one attached hydrogen (secondary N) is 1. The van der Waals surface area contributed by atoms with Crippen molar-refractivity contribution in [3.63, 3.8) is 0 Å². The van der Waals surface area contributed by atoms with Gasteiger partial charge in [-0.15, -0.1) is 0 Å². The number of carboxylic acid groups (broad SMARTS) is 1. The summed E-state index contributed by atoms with van der Waals surface area (Å²) in [5.74, 6) is 0.0315. The van der Waals surface area contributed by atoms with Crippen LogP contribution in [0.2, 0.25) is 0 Å². The molecular formula is C27H30N2O5S. The summed E-state index contributed by atoms with van der Waals surface area (Å²) in [6.45, 7) is 2.49. The maximum Gasteiger partial charge on any atom is 0.407 e. The third-order valence-electron chi connectivity index (χ3n) is 7.46. The van der Waals surface area contributed by atoms with E-state index in [0.717, 1.165) is 29.7 Å². The van der Waals surface area contributed by atoms with E-state index in [2.05, 4.69) is 29.6 Å². The van der Waals surface area contributed by atoms with Crippen molar-refractivity contribution in [1.82, 2.24) is 10.2 Å². The summed E-state index contributed by atoms with van der Waals surface area (Å²) >= 11 is 1.54. The van der Waals surface area contributed by atoms with Crippen LogP contribution in [0.25, 0.3) is 11.1 Å². The number of fused-ring (bicyclic) bond motifs is 3. The summed E-state index contributed by atoms with van der Waals surface area (Å²) in [6, 6.07) is 15.5. The summed E-state index contributed by atoms with van der Waals surface area (Å²) in [7, 11) is 0. The predicted octanol–water partition coefficient (Wildman–Crippen LogP) is 4.11. The van der Waals surface area contributed by atoms with Crippen molar-refractivity contribution in [2.75, 3.05) is 24.7 Å². The van der Waals surface area contributed by atoms with Gasteiger partial charge in [-0.25, -0.2) is 9.59 Å². The number of ether oxygens (including phenoxy) is 1. The summed E-state index contributed by atoms with van der Waals surface area (Å²) in [5.41, 5.74) is 3.85. The van der Waals surface area contributed by atoms with Crippen molar-refractivity contribution >= 4 is 29.7 Å². The van der Waals surface area contributed by atoms with Gasteiger partial charge in [0.05, 0.1) is 12.0 Å². The minimum absolute atomic E-state index is 0.0378. The summed E-state index contributed by atoms with van der Waals surface area (Å²) in [6.07, 6.45) is 1.37. The van der Waals surface area contributed by atoms with E-state index >= 15 is 0 Å². The van der Waals surface area contributed by atoms with Gasteiger partial charge in [-0.2, -0.15) is 11.8 Å². The molecular weight excluding hydrogens is 464 g/mol. The molecule has 1 saturated carbocycles. The average Bonchev–Trinajstić information content (AvgIpc) is 3.67. The molecule has 2 aromatic carbocycles. The molecule has 2 fully saturated rings. The van der Waals surface area contributed by atoms with Crippen molar-refractivity contribution in [2.24, 2.45) is 5.92 Å². The molecule has 0 bridgehead atoms. The van der Waals surface area contributed by atoms with Crippen LogP contribution in [0.15, 0.2) is 48.5 Å². The molecule has 5 rings (SSSR count). The second kappa shape index (κ2) is 9.57. The normalized spacial score (nSPS) is 20.9. The molecule has 2 unspecified atom stereocenters. The first-order valence-corrected chi connectivity index (χ1v) is 13.3. The number of carbonyl (C=O) groups is 3. The van der Waals surface area contributed by atoms with E-state index in [4.69, 9.17) is 4.74 Å². The summed E-state index contributed by atoms with van der Waals surface area (Å²) < 4.78 is 5.73. The number of hydrogen-bond acceptors (Lipinski definition) is 5. The monoisotopic (exact) mass is 494 g/mol. The van der Waals surface area contributed by atoms with E-state index in [0.29, 0.717) is 12.3 Å². The van der Waals surface area contributed by atoms with E-state index in [1.54, 1.807) is 11.8 Å². The highest BCUT2D eigenvalue weighted by molar-refractivity contribution is 7.99. The Balaban J connectivity index is 1.25. The average molecular weight is 495 g/mol. The SMILES string of the molecule is CC(CC(=O)N1CCSCC1C(=O)O)(NC(=O)OCC1c2ccccc2-c2ccccc21)C1CC1. The number of aliphatic carboxylic acids is 1. The van der Waals surface area contributed by atoms with Gasteiger partial charge >= 0.3 is 12.1 Å². The number of carboxylic acids is 1. The van der Waals surface area contributed by atoms with Crippen LogP contribution in [0.3, 0.4) is 0 Å². The maximum atomic E-state index is 13.1. The summed E-state index contributed by atoms with van der Waals surface area (Å²) in [5, 5.41) is 12.5. The molecule has 2 amide bonds. The Hall–Kier alpha value is -3.00. The third kappa shape index (κ3) is 4.76. The highest BCUT2D eigenvalue weighted by Crippen LogP contribution is 2.45. The van der Waals surface area contributed by atoms with Crippen LogP contribution in [-0.4, -0.2) is 64.2 Å². The number of carbonyl (C=O) groups excluding carboxylic acids is 2. The molecule has 2 aromatic rings. The van der Waals surface area contributed by atoms with Gasteiger partial charge < -0.3 is 20.1 Å². The molecule has 2 aliphatic carbocycles. The molecule has 2 atom stereocenters. The lowest BCUT2D eigenvalue weighted by Crippen LogP contribution is -2.55. The van der Waals surface area contributed by atoms with Crippen molar-refractivity contribution in [1.29, 1.82) is 0 Å². The standard InChI is InChI=1S/C27H30N2O5S/c1-27(17-10-11-17,14-24(30)29-12-13-35-16-23(29)25(31)32)28-26(33)34-15-22-20-8-4-2-6-18(20)19-7-3-5-9-21(19)22/h2-9,17,22-23H,10-16H2,1H3,(H,28,33)(H,31,32). The number of alkyl carbamates (subject to hydrolysis) is 1. The number of nitrogens with zero attached hydrogens (tertiary/aromatic N) is 1.